The largest absolute Gasteiger partial charge is 0.383 e. The first kappa shape index (κ1) is 13.9. The second-order valence-electron chi connectivity index (χ2n) is 3.48. The molecule has 0 aliphatic carbocycles. The smallest absolute Gasteiger partial charge is 0.253 e. The molecule has 0 spiro atoms. The normalized spacial score (nSPS) is 11.6. The number of nitrogen functional groups attached to an aromatic ring is 1. The summed E-state index contributed by atoms with van der Waals surface area (Å²) in [6.07, 6.45) is 0. The van der Waals surface area contributed by atoms with Gasteiger partial charge in [0.1, 0.15) is 11.7 Å². The van der Waals surface area contributed by atoms with Crippen LogP contribution in [-0.4, -0.2) is 27.2 Å². The van der Waals surface area contributed by atoms with E-state index in [1.165, 1.54) is 6.92 Å². The van der Waals surface area contributed by atoms with Gasteiger partial charge in [0.15, 0.2) is 10.9 Å². The fraction of sp³-hybridized carbons (Fsp3) is 0.300. The highest BCUT2D eigenvalue weighted by Crippen LogP contribution is 2.14. The second-order valence-corrected chi connectivity index (χ2v) is 4.44. The Hall–Kier alpha value is -2.14. The number of H-pyrrole nitrogens is 1. The number of anilines is 1. The maximum atomic E-state index is 11.6. The quantitative estimate of drug-likeness (QED) is 0.395. The first-order valence-electron chi connectivity index (χ1n) is 4.91. The maximum Gasteiger partial charge on any atom is 0.253 e. The highest BCUT2D eigenvalue weighted by molar-refractivity contribution is 7.99. The minimum absolute atomic E-state index is 0.00266. The highest BCUT2D eigenvalue weighted by atomic mass is 32.2. The SMILES string of the molecule is CC(=N)C(C#N)C(=O)CSc1nc(N)cc(=O)[nH]1. The summed E-state index contributed by atoms with van der Waals surface area (Å²) in [5.74, 6) is -1.44. The van der Waals surface area contributed by atoms with Gasteiger partial charge in [0.25, 0.3) is 5.56 Å². The van der Waals surface area contributed by atoms with Crippen molar-refractivity contribution in [1.29, 1.82) is 10.7 Å². The van der Waals surface area contributed by atoms with E-state index in [1.807, 2.05) is 0 Å². The lowest BCUT2D eigenvalue weighted by Gasteiger charge is -2.05. The van der Waals surface area contributed by atoms with E-state index in [2.05, 4.69) is 9.97 Å². The van der Waals surface area contributed by atoms with Crippen molar-refractivity contribution >= 4 is 29.1 Å². The van der Waals surface area contributed by atoms with Gasteiger partial charge in [0, 0.05) is 11.8 Å². The lowest BCUT2D eigenvalue weighted by atomic mass is 10.0. The van der Waals surface area contributed by atoms with Gasteiger partial charge in [-0.15, -0.1) is 0 Å². The molecule has 0 amide bonds. The average molecular weight is 265 g/mol. The fourth-order valence-electron chi connectivity index (χ4n) is 1.15. The summed E-state index contributed by atoms with van der Waals surface area (Å²) < 4.78 is 0. The van der Waals surface area contributed by atoms with Crippen molar-refractivity contribution in [2.24, 2.45) is 5.92 Å². The van der Waals surface area contributed by atoms with Gasteiger partial charge in [-0.05, 0) is 6.92 Å². The van der Waals surface area contributed by atoms with Gasteiger partial charge in [-0.3, -0.25) is 9.59 Å². The van der Waals surface area contributed by atoms with E-state index < -0.39 is 17.3 Å². The van der Waals surface area contributed by atoms with Crippen LogP contribution in [0.5, 0.6) is 0 Å². The van der Waals surface area contributed by atoms with E-state index in [0.717, 1.165) is 17.8 Å². The number of Topliss-reactive ketones (excluding diaryl/α,β-unsaturated/α-hetero) is 1. The number of hydrogen-bond donors (Lipinski definition) is 3. The first-order chi connectivity index (χ1) is 8.43. The van der Waals surface area contributed by atoms with Crippen LogP contribution in [0.1, 0.15) is 6.92 Å². The Morgan fingerprint density at radius 2 is 2.44 bits per heavy atom. The zero-order valence-electron chi connectivity index (χ0n) is 9.56. The third-order valence-electron chi connectivity index (χ3n) is 1.97. The number of aromatic nitrogens is 2. The van der Waals surface area contributed by atoms with Crippen LogP contribution in [-0.2, 0) is 4.79 Å². The molecule has 1 aromatic heterocycles. The van der Waals surface area contributed by atoms with Crippen LogP contribution in [0.2, 0.25) is 0 Å². The molecule has 4 N–H and O–H groups in total. The molecular weight excluding hydrogens is 254 g/mol. The molecular formula is C10H11N5O2S. The Labute approximate surface area is 107 Å². The summed E-state index contributed by atoms with van der Waals surface area (Å²) in [5.41, 5.74) is 4.98. The van der Waals surface area contributed by atoms with Gasteiger partial charge in [-0.25, -0.2) is 4.98 Å². The molecule has 0 saturated carbocycles. The lowest BCUT2D eigenvalue weighted by molar-refractivity contribution is -0.117. The Bertz CT molecular complexity index is 574. The van der Waals surface area contributed by atoms with Gasteiger partial charge in [-0.1, -0.05) is 11.8 Å². The third-order valence-corrected chi connectivity index (χ3v) is 2.87. The molecule has 0 radical (unpaired) electrons. The predicted molar refractivity (Wildman–Crippen MR) is 67.5 cm³/mol. The summed E-state index contributed by atoms with van der Waals surface area (Å²) in [4.78, 5) is 29.0. The van der Waals surface area contributed by atoms with Crippen molar-refractivity contribution in [3.8, 4) is 6.07 Å². The summed E-state index contributed by atoms with van der Waals surface area (Å²) in [7, 11) is 0. The number of carbonyl (C=O) groups excluding carboxylic acids is 1. The predicted octanol–water partition coefficient (Wildman–Crippen LogP) is 0.193. The van der Waals surface area contributed by atoms with Crippen LogP contribution < -0.4 is 11.3 Å². The van der Waals surface area contributed by atoms with Gasteiger partial charge in [-0.2, -0.15) is 5.26 Å². The third kappa shape index (κ3) is 3.71. The molecule has 0 saturated heterocycles. The van der Waals surface area contributed by atoms with Crippen LogP contribution in [0, 0.1) is 22.7 Å². The first-order valence-corrected chi connectivity index (χ1v) is 5.89. The van der Waals surface area contributed by atoms with Crippen molar-refractivity contribution in [2.45, 2.75) is 12.1 Å². The number of hydrogen-bond acceptors (Lipinski definition) is 7. The molecule has 18 heavy (non-hydrogen) atoms. The number of ketones is 1. The molecule has 0 bridgehead atoms. The molecule has 1 unspecified atom stereocenters. The van der Waals surface area contributed by atoms with E-state index in [9.17, 15) is 9.59 Å². The zero-order chi connectivity index (χ0) is 13.7. The molecule has 1 heterocycles. The minimum atomic E-state index is -1.05. The molecule has 1 aromatic rings. The van der Waals surface area contributed by atoms with Crippen molar-refractivity contribution < 1.29 is 4.79 Å². The molecule has 94 valence electrons. The number of thioether (sulfide) groups is 1. The number of carbonyl (C=O) groups is 1. The number of nitrogens with zero attached hydrogens (tertiary/aromatic N) is 2. The number of rotatable bonds is 5. The van der Waals surface area contributed by atoms with Gasteiger partial charge in [0.2, 0.25) is 0 Å². The molecule has 7 nitrogen and oxygen atoms in total. The molecule has 0 aliphatic heterocycles. The Morgan fingerprint density at radius 3 is 2.94 bits per heavy atom. The molecule has 8 heteroatoms. The molecule has 1 atom stereocenters. The van der Waals surface area contributed by atoms with Gasteiger partial charge in [0.05, 0.1) is 11.8 Å². The summed E-state index contributed by atoms with van der Waals surface area (Å²) in [5, 5.41) is 16.2. The Kier molecular flexibility index (Phi) is 4.62. The van der Waals surface area contributed by atoms with E-state index in [-0.39, 0.29) is 22.4 Å². The van der Waals surface area contributed by atoms with E-state index in [0.29, 0.717) is 0 Å². The van der Waals surface area contributed by atoms with Crippen molar-refractivity contribution in [3.63, 3.8) is 0 Å². The van der Waals surface area contributed by atoms with Crippen LogP contribution in [0.3, 0.4) is 0 Å². The average Bonchev–Trinajstić information content (AvgIpc) is 2.25. The van der Waals surface area contributed by atoms with Gasteiger partial charge >= 0.3 is 0 Å². The molecule has 1 rings (SSSR count). The lowest BCUT2D eigenvalue weighted by Crippen LogP contribution is -2.22. The Balaban J connectivity index is 2.71. The standard InChI is InChI=1S/C10H11N5O2S/c1-5(12)6(3-11)7(16)4-18-10-14-8(13)2-9(17)15-10/h2,6,12H,4H2,1H3,(H3,13,14,15,17). The van der Waals surface area contributed by atoms with Gasteiger partial charge < -0.3 is 16.1 Å². The topological polar surface area (TPSA) is 136 Å². The molecule has 0 aliphatic rings. The van der Waals surface area contributed by atoms with E-state index >= 15 is 0 Å². The monoisotopic (exact) mass is 265 g/mol. The van der Waals surface area contributed by atoms with Crippen LogP contribution >= 0.6 is 11.8 Å². The Morgan fingerprint density at radius 1 is 1.78 bits per heavy atom. The zero-order valence-corrected chi connectivity index (χ0v) is 10.4. The van der Waals surface area contributed by atoms with Crippen LogP contribution in [0.25, 0.3) is 0 Å². The van der Waals surface area contributed by atoms with E-state index in [4.69, 9.17) is 16.4 Å². The van der Waals surface area contributed by atoms with Crippen molar-refractivity contribution in [3.05, 3.63) is 16.4 Å². The summed E-state index contributed by atoms with van der Waals surface area (Å²) in [6, 6.07) is 2.89. The number of aromatic amines is 1. The summed E-state index contributed by atoms with van der Waals surface area (Å²) >= 11 is 0.974. The highest BCUT2D eigenvalue weighted by Gasteiger charge is 2.20. The van der Waals surface area contributed by atoms with Crippen LogP contribution in [0.15, 0.2) is 16.0 Å². The minimum Gasteiger partial charge on any atom is -0.383 e. The van der Waals surface area contributed by atoms with Crippen molar-refractivity contribution in [1.82, 2.24) is 9.97 Å². The second kappa shape index (κ2) is 5.97. The summed E-state index contributed by atoms with van der Waals surface area (Å²) in [6.45, 7) is 1.40. The number of nitrogens with two attached hydrogens (primary N) is 1. The van der Waals surface area contributed by atoms with Crippen molar-refractivity contribution in [2.75, 3.05) is 11.5 Å². The fourth-order valence-corrected chi connectivity index (χ4v) is 1.94. The maximum absolute atomic E-state index is 11.6. The molecule has 0 aromatic carbocycles. The van der Waals surface area contributed by atoms with E-state index in [1.54, 1.807) is 6.07 Å². The number of nitriles is 1. The van der Waals surface area contributed by atoms with Crippen LogP contribution in [0.4, 0.5) is 5.82 Å². The molecule has 0 fully saturated rings. The number of nitrogens with one attached hydrogen (secondary N) is 2.